The minimum atomic E-state index is 1.22. The second kappa shape index (κ2) is 6.41. The van der Waals surface area contributed by atoms with Gasteiger partial charge in [-0.3, -0.25) is 0 Å². The van der Waals surface area contributed by atoms with Crippen LogP contribution in [0.5, 0.6) is 0 Å². The lowest BCUT2D eigenvalue weighted by Crippen LogP contribution is -1.86. The zero-order chi connectivity index (χ0) is 12.6. The molecule has 0 aliphatic carbocycles. The van der Waals surface area contributed by atoms with Crippen LogP contribution in [0.1, 0.15) is 11.1 Å². The number of benzene rings is 2. The minimum Gasteiger partial charge on any atom is -0.0991 e. The van der Waals surface area contributed by atoms with E-state index in [4.69, 9.17) is 0 Å². The van der Waals surface area contributed by atoms with Crippen LogP contribution >= 0.6 is 0 Å². The highest BCUT2D eigenvalue weighted by molar-refractivity contribution is 5.80. The van der Waals surface area contributed by atoms with E-state index >= 15 is 0 Å². The molecule has 0 nitrogen and oxygen atoms in total. The van der Waals surface area contributed by atoms with Gasteiger partial charge in [0.2, 0.25) is 0 Å². The third-order valence-corrected chi connectivity index (χ3v) is 2.68. The van der Waals surface area contributed by atoms with E-state index in [-0.39, 0.29) is 0 Å². The normalized spacial score (nSPS) is 10.2. The summed E-state index contributed by atoms with van der Waals surface area (Å²) in [6.45, 7) is 3.69. The molecular formula is C18H16. The molecule has 2 rings (SSSR count). The van der Waals surface area contributed by atoms with Crippen molar-refractivity contribution < 1.29 is 0 Å². The predicted molar refractivity (Wildman–Crippen MR) is 79.3 cm³/mol. The molecule has 2 aromatic rings. The van der Waals surface area contributed by atoms with Crippen LogP contribution in [-0.4, -0.2) is 0 Å². The Hall–Kier alpha value is -2.34. The van der Waals surface area contributed by atoms with E-state index in [1.807, 2.05) is 24.3 Å². The topological polar surface area (TPSA) is 0 Å². The van der Waals surface area contributed by atoms with Gasteiger partial charge in [0.1, 0.15) is 0 Å². The van der Waals surface area contributed by atoms with Crippen LogP contribution < -0.4 is 0 Å². The van der Waals surface area contributed by atoms with Gasteiger partial charge in [-0.1, -0.05) is 91.5 Å². The van der Waals surface area contributed by atoms with E-state index in [1.54, 1.807) is 6.08 Å². The quantitative estimate of drug-likeness (QED) is 0.660. The molecule has 0 spiro atoms. The largest absolute Gasteiger partial charge is 0.0991 e. The highest BCUT2D eigenvalue weighted by Crippen LogP contribution is 2.22. The van der Waals surface area contributed by atoms with Crippen molar-refractivity contribution in [1.82, 2.24) is 0 Å². The summed E-state index contributed by atoms with van der Waals surface area (Å²) in [5, 5.41) is 0. The monoisotopic (exact) mass is 232 g/mol. The molecule has 0 saturated heterocycles. The third kappa shape index (κ3) is 3.08. The zero-order valence-electron chi connectivity index (χ0n) is 10.3. The number of allylic oxidation sites excluding steroid dienone is 4. The van der Waals surface area contributed by atoms with Gasteiger partial charge in [0.15, 0.2) is 0 Å². The highest BCUT2D eigenvalue weighted by atomic mass is 14.1. The van der Waals surface area contributed by atoms with Crippen molar-refractivity contribution in [3.63, 3.8) is 0 Å². The van der Waals surface area contributed by atoms with Crippen LogP contribution in [0.3, 0.4) is 0 Å². The van der Waals surface area contributed by atoms with Gasteiger partial charge in [-0.2, -0.15) is 0 Å². The Bertz CT molecular complexity index is 504. The van der Waals surface area contributed by atoms with Crippen LogP contribution in [0.4, 0.5) is 0 Å². The van der Waals surface area contributed by atoms with Gasteiger partial charge in [-0.25, -0.2) is 0 Å². The van der Waals surface area contributed by atoms with Crippen LogP contribution in [-0.2, 0) is 0 Å². The van der Waals surface area contributed by atoms with Crippen LogP contribution in [0.15, 0.2) is 91.5 Å². The maximum Gasteiger partial charge on any atom is -0.0111 e. The lowest BCUT2D eigenvalue weighted by molar-refractivity contribution is 1.55. The van der Waals surface area contributed by atoms with Gasteiger partial charge in [0, 0.05) is 0 Å². The van der Waals surface area contributed by atoms with Crippen LogP contribution in [0, 0.1) is 0 Å². The fourth-order valence-corrected chi connectivity index (χ4v) is 1.82. The molecule has 0 aromatic heterocycles. The molecule has 0 fully saturated rings. The lowest BCUT2D eigenvalue weighted by atomic mass is 9.97. The molecule has 0 heterocycles. The first-order chi connectivity index (χ1) is 8.92. The highest BCUT2D eigenvalue weighted by Gasteiger charge is 2.02. The van der Waals surface area contributed by atoms with Crippen molar-refractivity contribution in [3.05, 3.63) is 103 Å². The van der Waals surface area contributed by atoms with Crippen LogP contribution in [0.2, 0.25) is 0 Å². The number of hydrogen-bond acceptors (Lipinski definition) is 0. The van der Waals surface area contributed by atoms with Gasteiger partial charge >= 0.3 is 0 Å². The van der Waals surface area contributed by atoms with Gasteiger partial charge in [-0.05, 0) is 16.7 Å². The number of hydrogen-bond donors (Lipinski definition) is 0. The summed E-state index contributed by atoms with van der Waals surface area (Å²) in [6.07, 6.45) is 7.85. The lowest BCUT2D eigenvalue weighted by Gasteiger charge is -2.07. The minimum absolute atomic E-state index is 1.22. The van der Waals surface area contributed by atoms with Gasteiger partial charge in [-0.15, -0.1) is 0 Å². The predicted octanol–water partition coefficient (Wildman–Crippen LogP) is 4.86. The molecule has 0 atom stereocenters. The Morgan fingerprint density at radius 2 is 1.22 bits per heavy atom. The van der Waals surface area contributed by atoms with Gasteiger partial charge < -0.3 is 0 Å². The fraction of sp³-hybridized carbons (Fsp3) is 0. The summed E-state index contributed by atoms with van der Waals surface area (Å²) in [5.74, 6) is 0. The maximum atomic E-state index is 3.69. The smallest absolute Gasteiger partial charge is 0.0111 e. The average molecular weight is 232 g/mol. The van der Waals surface area contributed by atoms with E-state index in [0.717, 1.165) is 0 Å². The standard InChI is InChI=1S/C18H16/c1-2-3-6-15-18(16-11-7-4-8-12-16)17-13-9-5-10-14-17/h2-15H,1H2/b6-3+. The molecule has 88 valence electrons. The van der Waals surface area contributed by atoms with E-state index in [0.29, 0.717) is 0 Å². The first-order valence-corrected chi connectivity index (χ1v) is 6.02. The SMILES string of the molecule is C=C/C=C/C=C(c1ccccc1)c1ccccc1. The Labute approximate surface area is 109 Å². The van der Waals surface area contributed by atoms with E-state index in [9.17, 15) is 0 Å². The molecule has 0 bridgehead atoms. The van der Waals surface area contributed by atoms with Gasteiger partial charge in [0.05, 0.1) is 0 Å². The molecule has 0 N–H and O–H groups in total. The van der Waals surface area contributed by atoms with Crippen molar-refractivity contribution >= 4 is 5.57 Å². The number of rotatable bonds is 4. The first-order valence-electron chi connectivity index (χ1n) is 6.02. The molecule has 0 saturated carbocycles. The molecule has 0 amide bonds. The van der Waals surface area contributed by atoms with E-state index in [1.165, 1.54) is 16.7 Å². The first kappa shape index (κ1) is 12.1. The molecule has 0 aliphatic rings. The third-order valence-electron chi connectivity index (χ3n) is 2.68. The van der Waals surface area contributed by atoms with Crippen molar-refractivity contribution in [2.24, 2.45) is 0 Å². The van der Waals surface area contributed by atoms with Crippen molar-refractivity contribution in [1.29, 1.82) is 0 Å². The molecule has 0 unspecified atom stereocenters. The molecule has 0 radical (unpaired) electrons. The summed E-state index contributed by atoms with van der Waals surface area (Å²) >= 11 is 0. The molecule has 0 aliphatic heterocycles. The second-order valence-electron chi connectivity index (χ2n) is 3.93. The summed E-state index contributed by atoms with van der Waals surface area (Å²) in [4.78, 5) is 0. The fourth-order valence-electron chi connectivity index (χ4n) is 1.82. The molecule has 18 heavy (non-hydrogen) atoms. The second-order valence-corrected chi connectivity index (χ2v) is 3.93. The van der Waals surface area contributed by atoms with Crippen molar-refractivity contribution in [3.8, 4) is 0 Å². The Balaban J connectivity index is 2.45. The summed E-state index contributed by atoms with van der Waals surface area (Å²) in [6, 6.07) is 20.8. The van der Waals surface area contributed by atoms with E-state index in [2.05, 4.69) is 61.2 Å². The maximum absolute atomic E-state index is 3.69. The summed E-state index contributed by atoms with van der Waals surface area (Å²) < 4.78 is 0. The molecule has 2 aromatic carbocycles. The Kier molecular flexibility index (Phi) is 4.32. The summed E-state index contributed by atoms with van der Waals surface area (Å²) in [7, 11) is 0. The Morgan fingerprint density at radius 3 is 1.67 bits per heavy atom. The molecule has 0 heteroatoms. The zero-order valence-corrected chi connectivity index (χ0v) is 10.3. The van der Waals surface area contributed by atoms with Crippen molar-refractivity contribution in [2.45, 2.75) is 0 Å². The van der Waals surface area contributed by atoms with E-state index < -0.39 is 0 Å². The van der Waals surface area contributed by atoms with Gasteiger partial charge in [0.25, 0.3) is 0 Å². The summed E-state index contributed by atoms with van der Waals surface area (Å²) in [5.41, 5.74) is 3.66. The average Bonchev–Trinajstić information content (AvgIpc) is 2.46. The molecular weight excluding hydrogens is 216 g/mol. The van der Waals surface area contributed by atoms with Crippen molar-refractivity contribution in [2.75, 3.05) is 0 Å². The van der Waals surface area contributed by atoms with Crippen LogP contribution in [0.25, 0.3) is 5.57 Å². The Morgan fingerprint density at radius 1 is 0.722 bits per heavy atom.